The lowest BCUT2D eigenvalue weighted by Gasteiger charge is -1.93. The largest absolute Gasteiger partial charge is 0.235 e. The van der Waals surface area contributed by atoms with E-state index in [-0.39, 0.29) is 0 Å². The Hall–Kier alpha value is -1.51. The summed E-state index contributed by atoms with van der Waals surface area (Å²) in [7, 11) is 0. The van der Waals surface area contributed by atoms with Gasteiger partial charge in [0, 0.05) is 11.6 Å². The van der Waals surface area contributed by atoms with E-state index in [0.717, 1.165) is 15.6 Å². The zero-order valence-corrected chi connectivity index (χ0v) is 7.54. The maximum atomic E-state index is 9.89. The quantitative estimate of drug-likeness (QED) is 0.537. The summed E-state index contributed by atoms with van der Waals surface area (Å²) in [5.41, 5.74) is 1.01. The van der Waals surface area contributed by atoms with E-state index in [1.165, 1.54) is 17.6 Å². The van der Waals surface area contributed by atoms with Gasteiger partial charge in [-0.25, -0.2) is 9.79 Å². The lowest BCUT2D eigenvalue weighted by Crippen LogP contribution is -1.78. The van der Waals surface area contributed by atoms with Gasteiger partial charge < -0.3 is 0 Å². The van der Waals surface area contributed by atoms with Crippen LogP contribution in [0.15, 0.2) is 29.4 Å². The third-order valence-corrected chi connectivity index (χ3v) is 2.51. The first-order valence-corrected chi connectivity index (χ1v) is 4.54. The van der Waals surface area contributed by atoms with Crippen LogP contribution in [0.25, 0.3) is 10.1 Å². The molecule has 0 spiro atoms. The number of rotatable bonds is 2. The predicted molar refractivity (Wildman–Crippen MR) is 51.4 cm³/mol. The summed E-state index contributed by atoms with van der Waals surface area (Å²) in [5.74, 6) is 0. The Labute approximate surface area is 78.9 Å². The number of benzene rings is 1. The Balaban J connectivity index is 2.42. The minimum atomic E-state index is 0.400. The van der Waals surface area contributed by atoms with E-state index in [4.69, 9.17) is 0 Å². The van der Waals surface area contributed by atoms with Gasteiger partial charge in [0.2, 0.25) is 6.08 Å². The Morgan fingerprint density at radius 2 is 2.46 bits per heavy atom. The number of aliphatic imine (C=N–C) groups is 1. The van der Waals surface area contributed by atoms with Crippen molar-refractivity contribution in [1.82, 2.24) is 4.37 Å². The summed E-state index contributed by atoms with van der Waals surface area (Å²) in [4.78, 5) is 13.4. The maximum absolute atomic E-state index is 9.89. The summed E-state index contributed by atoms with van der Waals surface area (Å²) in [6.07, 6.45) is 3.35. The Morgan fingerprint density at radius 1 is 1.54 bits per heavy atom. The monoisotopic (exact) mass is 190 g/mol. The summed E-state index contributed by atoms with van der Waals surface area (Å²) >= 11 is 1.44. The van der Waals surface area contributed by atoms with Gasteiger partial charge in [-0.3, -0.25) is 0 Å². The molecule has 2 rings (SSSR count). The van der Waals surface area contributed by atoms with E-state index >= 15 is 0 Å². The summed E-state index contributed by atoms with van der Waals surface area (Å²) in [5, 5.41) is 1.13. The van der Waals surface area contributed by atoms with Crippen LogP contribution >= 0.6 is 11.5 Å². The normalized spacial score (nSPS) is 9.85. The molecule has 0 amide bonds. The van der Waals surface area contributed by atoms with Crippen LogP contribution in [0, 0.1) is 0 Å². The fraction of sp³-hybridized carbons (Fsp3) is 0.111. The van der Waals surface area contributed by atoms with Gasteiger partial charge in [-0.1, -0.05) is 12.1 Å². The van der Waals surface area contributed by atoms with E-state index in [2.05, 4.69) is 9.37 Å². The van der Waals surface area contributed by atoms with E-state index in [1.807, 2.05) is 24.4 Å². The Bertz CT molecular complexity index is 471. The standard InChI is InChI=1S/C9H6N2OS/c12-6-10-4-7-1-2-8-5-11-13-9(8)3-7/h1-3,5H,4H2. The van der Waals surface area contributed by atoms with Crippen LogP contribution in [0.4, 0.5) is 0 Å². The highest BCUT2D eigenvalue weighted by Crippen LogP contribution is 2.19. The fourth-order valence-electron chi connectivity index (χ4n) is 1.13. The maximum Gasteiger partial charge on any atom is 0.235 e. The number of isocyanates is 1. The SMILES string of the molecule is O=C=NCc1ccc2cnsc2c1. The van der Waals surface area contributed by atoms with Crippen molar-refractivity contribution in [2.75, 3.05) is 0 Å². The van der Waals surface area contributed by atoms with E-state index in [9.17, 15) is 4.79 Å². The first kappa shape index (κ1) is 8.10. The molecule has 1 heterocycles. The molecule has 2 aromatic rings. The molecule has 0 aliphatic heterocycles. The van der Waals surface area contributed by atoms with Gasteiger partial charge in [0.25, 0.3) is 0 Å². The first-order chi connectivity index (χ1) is 6.40. The average Bonchev–Trinajstić information content (AvgIpc) is 2.61. The third kappa shape index (κ3) is 1.64. The Kier molecular flexibility index (Phi) is 2.17. The molecule has 0 bridgehead atoms. The lowest BCUT2D eigenvalue weighted by atomic mass is 10.2. The number of hydrogen-bond donors (Lipinski definition) is 0. The number of carbonyl (C=O) groups excluding carboxylic acids is 1. The minimum Gasteiger partial charge on any atom is -0.211 e. The molecule has 1 aromatic heterocycles. The van der Waals surface area contributed by atoms with Crippen LogP contribution < -0.4 is 0 Å². The Morgan fingerprint density at radius 3 is 3.31 bits per heavy atom. The molecule has 0 saturated carbocycles. The molecule has 0 radical (unpaired) electrons. The molecule has 0 unspecified atom stereocenters. The van der Waals surface area contributed by atoms with Crippen molar-refractivity contribution in [1.29, 1.82) is 0 Å². The molecular weight excluding hydrogens is 184 g/mol. The van der Waals surface area contributed by atoms with Gasteiger partial charge in [0.05, 0.1) is 11.2 Å². The summed E-state index contributed by atoms with van der Waals surface area (Å²) in [6, 6.07) is 5.92. The van der Waals surface area contributed by atoms with Crippen LogP contribution in [-0.4, -0.2) is 10.5 Å². The fourth-order valence-corrected chi connectivity index (χ4v) is 1.84. The number of hydrogen-bond acceptors (Lipinski definition) is 4. The van der Waals surface area contributed by atoms with Gasteiger partial charge in [0.1, 0.15) is 0 Å². The zero-order valence-electron chi connectivity index (χ0n) is 6.73. The molecule has 13 heavy (non-hydrogen) atoms. The topological polar surface area (TPSA) is 42.3 Å². The molecule has 0 fully saturated rings. The van der Waals surface area contributed by atoms with Gasteiger partial charge in [-0.05, 0) is 23.2 Å². The summed E-state index contributed by atoms with van der Waals surface area (Å²) < 4.78 is 5.18. The molecule has 3 nitrogen and oxygen atoms in total. The van der Waals surface area contributed by atoms with Crippen molar-refractivity contribution < 1.29 is 4.79 Å². The zero-order chi connectivity index (χ0) is 9.10. The van der Waals surface area contributed by atoms with Crippen molar-refractivity contribution in [3.63, 3.8) is 0 Å². The van der Waals surface area contributed by atoms with Crippen molar-refractivity contribution in [3.05, 3.63) is 30.0 Å². The second-order valence-corrected chi connectivity index (χ2v) is 3.44. The molecule has 0 aliphatic rings. The van der Waals surface area contributed by atoms with E-state index in [1.54, 1.807) is 0 Å². The first-order valence-electron chi connectivity index (χ1n) is 3.77. The smallest absolute Gasteiger partial charge is 0.211 e. The van der Waals surface area contributed by atoms with Gasteiger partial charge in [-0.2, -0.15) is 4.37 Å². The van der Waals surface area contributed by atoms with Crippen LogP contribution in [-0.2, 0) is 11.3 Å². The molecule has 4 heteroatoms. The van der Waals surface area contributed by atoms with Crippen molar-refractivity contribution >= 4 is 27.7 Å². The highest BCUT2D eigenvalue weighted by atomic mass is 32.1. The molecule has 0 aliphatic carbocycles. The molecule has 64 valence electrons. The predicted octanol–water partition coefficient (Wildman–Crippen LogP) is 2.13. The number of nitrogens with zero attached hydrogens (tertiary/aromatic N) is 2. The molecule has 0 N–H and O–H groups in total. The minimum absolute atomic E-state index is 0.400. The van der Waals surface area contributed by atoms with Crippen molar-refractivity contribution in [2.45, 2.75) is 6.54 Å². The number of fused-ring (bicyclic) bond motifs is 1. The van der Waals surface area contributed by atoms with Gasteiger partial charge in [-0.15, -0.1) is 0 Å². The third-order valence-electron chi connectivity index (χ3n) is 1.75. The van der Waals surface area contributed by atoms with Crippen molar-refractivity contribution in [2.24, 2.45) is 4.99 Å². The molecular formula is C9H6N2OS. The van der Waals surface area contributed by atoms with Crippen LogP contribution in [0.2, 0.25) is 0 Å². The van der Waals surface area contributed by atoms with Gasteiger partial charge >= 0.3 is 0 Å². The van der Waals surface area contributed by atoms with Crippen LogP contribution in [0.3, 0.4) is 0 Å². The number of aromatic nitrogens is 1. The highest BCUT2D eigenvalue weighted by molar-refractivity contribution is 7.13. The van der Waals surface area contributed by atoms with Gasteiger partial charge in [0.15, 0.2) is 0 Å². The molecule has 1 aromatic carbocycles. The van der Waals surface area contributed by atoms with E-state index < -0.39 is 0 Å². The summed E-state index contributed by atoms with van der Waals surface area (Å²) in [6.45, 7) is 0.400. The second-order valence-electron chi connectivity index (χ2n) is 2.61. The van der Waals surface area contributed by atoms with E-state index in [0.29, 0.717) is 6.54 Å². The average molecular weight is 190 g/mol. The highest BCUT2D eigenvalue weighted by Gasteiger charge is 1.97. The lowest BCUT2D eigenvalue weighted by molar-refractivity contribution is 0.563. The second kappa shape index (κ2) is 3.47. The van der Waals surface area contributed by atoms with Crippen molar-refractivity contribution in [3.8, 4) is 0 Å². The van der Waals surface area contributed by atoms with Crippen LogP contribution in [0.1, 0.15) is 5.56 Å². The van der Waals surface area contributed by atoms with Crippen LogP contribution in [0.5, 0.6) is 0 Å². The molecule has 0 saturated heterocycles. The molecule has 0 atom stereocenters.